The van der Waals surface area contributed by atoms with E-state index in [-0.39, 0.29) is 5.82 Å². The summed E-state index contributed by atoms with van der Waals surface area (Å²) in [6.45, 7) is 1.99. The van der Waals surface area contributed by atoms with Crippen LogP contribution in [0.2, 0.25) is 5.02 Å². The van der Waals surface area contributed by atoms with E-state index >= 15 is 0 Å². The summed E-state index contributed by atoms with van der Waals surface area (Å²) in [6, 6.07) is 12.2. The van der Waals surface area contributed by atoms with Gasteiger partial charge in [0.25, 0.3) is 5.22 Å². The Hall–Kier alpha value is -1.85. The van der Waals surface area contributed by atoms with Crippen LogP contribution in [-0.4, -0.2) is 10.2 Å². The fraction of sp³-hybridized carbons (Fsp3) is 0.125. The van der Waals surface area contributed by atoms with E-state index in [1.54, 1.807) is 6.07 Å². The summed E-state index contributed by atoms with van der Waals surface area (Å²) in [5.74, 6) is 0.679. The molecule has 1 aromatic heterocycles. The van der Waals surface area contributed by atoms with Gasteiger partial charge in [0.1, 0.15) is 5.82 Å². The minimum Gasteiger partial charge on any atom is -0.411 e. The first-order chi connectivity index (χ1) is 10.6. The van der Waals surface area contributed by atoms with Crippen molar-refractivity contribution in [1.82, 2.24) is 10.2 Å². The predicted molar refractivity (Wildman–Crippen MR) is 85.4 cm³/mol. The lowest BCUT2D eigenvalue weighted by molar-refractivity contribution is 0.465. The third-order valence-corrected chi connectivity index (χ3v) is 4.37. The molecule has 0 radical (unpaired) electrons. The summed E-state index contributed by atoms with van der Waals surface area (Å²) in [6.07, 6.45) is 0. The average Bonchev–Trinajstić information content (AvgIpc) is 2.95. The van der Waals surface area contributed by atoms with Gasteiger partial charge in [-0.3, -0.25) is 0 Å². The van der Waals surface area contributed by atoms with Crippen molar-refractivity contribution in [3.63, 3.8) is 0 Å². The van der Waals surface area contributed by atoms with E-state index in [0.29, 0.717) is 21.9 Å². The molecule has 22 heavy (non-hydrogen) atoms. The zero-order valence-corrected chi connectivity index (χ0v) is 13.3. The molecule has 3 rings (SSSR count). The number of aryl methyl sites for hydroxylation is 1. The van der Waals surface area contributed by atoms with Gasteiger partial charge in [-0.25, -0.2) is 4.39 Å². The standard InChI is InChI=1S/C16H12ClFN2OS/c1-10-4-2-3-5-13(10)15-19-20-16(21-15)22-9-11-6-7-12(18)8-14(11)17/h2-8H,9H2,1H3. The molecule has 0 spiro atoms. The molecule has 0 fully saturated rings. The molecule has 0 N–H and O–H groups in total. The number of halogens is 2. The molecule has 2 aromatic carbocycles. The van der Waals surface area contributed by atoms with Gasteiger partial charge in [0, 0.05) is 16.3 Å². The van der Waals surface area contributed by atoms with Gasteiger partial charge in [-0.1, -0.05) is 47.6 Å². The second kappa shape index (κ2) is 6.50. The monoisotopic (exact) mass is 334 g/mol. The highest BCUT2D eigenvalue weighted by Gasteiger charge is 2.12. The molecular formula is C16H12ClFN2OS. The molecule has 3 aromatic rings. The zero-order valence-electron chi connectivity index (χ0n) is 11.7. The van der Waals surface area contributed by atoms with Crippen LogP contribution in [0.3, 0.4) is 0 Å². The average molecular weight is 335 g/mol. The second-order valence-electron chi connectivity index (χ2n) is 4.71. The van der Waals surface area contributed by atoms with Crippen molar-refractivity contribution in [1.29, 1.82) is 0 Å². The molecule has 3 nitrogen and oxygen atoms in total. The third kappa shape index (κ3) is 3.31. The summed E-state index contributed by atoms with van der Waals surface area (Å²) in [5.41, 5.74) is 2.81. The molecule has 0 aliphatic carbocycles. The van der Waals surface area contributed by atoms with Crippen LogP contribution < -0.4 is 0 Å². The minimum atomic E-state index is -0.349. The van der Waals surface area contributed by atoms with Crippen LogP contribution in [-0.2, 0) is 5.75 Å². The van der Waals surface area contributed by atoms with E-state index in [0.717, 1.165) is 16.7 Å². The van der Waals surface area contributed by atoms with Gasteiger partial charge < -0.3 is 4.42 Å². The highest BCUT2D eigenvalue weighted by molar-refractivity contribution is 7.98. The first-order valence-corrected chi connectivity index (χ1v) is 7.96. The number of hydrogen-bond donors (Lipinski definition) is 0. The number of hydrogen-bond acceptors (Lipinski definition) is 4. The van der Waals surface area contributed by atoms with Crippen molar-refractivity contribution in [2.45, 2.75) is 17.9 Å². The van der Waals surface area contributed by atoms with Gasteiger partial charge in [-0.2, -0.15) is 0 Å². The van der Waals surface area contributed by atoms with Crippen LogP contribution in [0.4, 0.5) is 4.39 Å². The highest BCUT2D eigenvalue weighted by atomic mass is 35.5. The van der Waals surface area contributed by atoms with E-state index in [1.165, 1.54) is 23.9 Å². The fourth-order valence-corrected chi connectivity index (χ4v) is 3.05. The third-order valence-electron chi connectivity index (χ3n) is 3.15. The summed E-state index contributed by atoms with van der Waals surface area (Å²) in [7, 11) is 0. The number of aromatic nitrogens is 2. The lowest BCUT2D eigenvalue weighted by Gasteiger charge is -2.01. The Labute approximate surface area is 136 Å². The Morgan fingerprint density at radius 3 is 2.77 bits per heavy atom. The van der Waals surface area contributed by atoms with E-state index in [9.17, 15) is 4.39 Å². The quantitative estimate of drug-likeness (QED) is 0.620. The Morgan fingerprint density at radius 2 is 2.00 bits per heavy atom. The van der Waals surface area contributed by atoms with Crippen LogP contribution in [0.15, 0.2) is 52.1 Å². The molecule has 112 valence electrons. The SMILES string of the molecule is Cc1ccccc1-c1nnc(SCc2ccc(F)cc2Cl)o1. The van der Waals surface area contributed by atoms with Crippen LogP contribution >= 0.6 is 23.4 Å². The summed E-state index contributed by atoms with van der Waals surface area (Å²) < 4.78 is 18.7. The molecule has 0 atom stereocenters. The maximum absolute atomic E-state index is 13.0. The minimum absolute atomic E-state index is 0.349. The van der Waals surface area contributed by atoms with Gasteiger partial charge >= 0.3 is 0 Å². The Balaban J connectivity index is 1.74. The summed E-state index contributed by atoms with van der Waals surface area (Å²) in [4.78, 5) is 0. The lowest BCUT2D eigenvalue weighted by atomic mass is 10.1. The zero-order chi connectivity index (χ0) is 15.5. The van der Waals surface area contributed by atoms with Crippen molar-refractivity contribution >= 4 is 23.4 Å². The predicted octanol–water partition coefficient (Wildman–Crippen LogP) is 5.13. The number of thioether (sulfide) groups is 1. The number of benzene rings is 2. The van der Waals surface area contributed by atoms with E-state index in [1.807, 2.05) is 31.2 Å². The molecule has 0 unspecified atom stereocenters. The van der Waals surface area contributed by atoms with Crippen molar-refractivity contribution in [3.8, 4) is 11.5 Å². The Morgan fingerprint density at radius 1 is 1.18 bits per heavy atom. The van der Waals surface area contributed by atoms with Crippen LogP contribution in [0.1, 0.15) is 11.1 Å². The number of rotatable bonds is 4. The Kier molecular flexibility index (Phi) is 4.45. The van der Waals surface area contributed by atoms with Crippen molar-refractivity contribution in [2.75, 3.05) is 0 Å². The summed E-state index contributed by atoms with van der Waals surface area (Å²) in [5, 5.41) is 8.94. The number of nitrogens with zero attached hydrogens (tertiary/aromatic N) is 2. The molecular weight excluding hydrogens is 323 g/mol. The van der Waals surface area contributed by atoms with Gasteiger partial charge in [-0.15, -0.1) is 10.2 Å². The van der Waals surface area contributed by atoms with E-state index in [4.69, 9.17) is 16.0 Å². The lowest BCUT2D eigenvalue weighted by Crippen LogP contribution is -1.84. The molecule has 0 saturated heterocycles. The van der Waals surface area contributed by atoms with Crippen LogP contribution in [0.25, 0.3) is 11.5 Å². The molecule has 0 bridgehead atoms. The van der Waals surface area contributed by atoms with E-state index in [2.05, 4.69) is 10.2 Å². The van der Waals surface area contributed by atoms with Gasteiger partial charge in [0.05, 0.1) is 0 Å². The Bertz CT molecular complexity index is 806. The van der Waals surface area contributed by atoms with Gasteiger partial charge in [0.2, 0.25) is 5.89 Å². The first kappa shape index (κ1) is 15.1. The van der Waals surface area contributed by atoms with Crippen molar-refractivity contribution in [3.05, 3.63) is 64.4 Å². The topological polar surface area (TPSA) is 38.9 Å². The molecule has 0 aliphatic heterocycles. The van der Waals surface area contributed by atoms with Crippen molar-refractivity contribution in [2.24, 2.45) is 0 Å². The highest BCUT2D eigenvalue weighted by Crippen LogP contribution is 2.29. The molecule has 0 aliphatic rings. The summed E-state index contributed by atoms with van der Waals surface area (Å²) >= 11 is 7.37. The molecule has 0 amide bonds. The first-order valence-electron chi connectivity index (χ1n) is 6.60. The van der Waals surface area contributed by atoms with Gasteiger partial charge in [0.15, 0.2) is 0 Å². The maximum atomic E-state index is 13.0. The smallest absolute Gasteiger partial charge is 0.277 e. The molecule has 1 heterocycles. The van der Waals surface area contributed by atoms with Crippen molar-refractivity contribution < 1.29 is 8.81 Å². The van der Waals surface area contributed by atoms with Crippen LogP contribution in [0.5, 0.6) is 0 Å². The fourth-order valence-electron chi connectivity index (χ4n) is 1.97. The second-order valence-corrected chi connectivity index (χ2v) is 6.05. The van der Waals surface area contributed by atoms with Gasteiger partial charge in [-0.05, 0) is 36.2 Å². The van der Waals surface area contributed by atoms with Crippen LogP contribution in [0, 0.1) is 12.7 Å². The molecule has 6 heteroatoms. The molecule has 0 saturated carbocycles. The maximum Gasteiger partial charge on any atom is 0.277 e. The largest absolute Gasteiger partial charge is 0.411 e. The van der Waals surface area contributed by atoms with E-state index < -0.39 is 0 Å². The normalized spacial score (nSPS) is 10.9.